The Morgan fingerprint density at radius 3 is 2.32 bits per heavy atom. The molecule has 2 bridgehead atoms. The van der Waals surface area contributed by atoms with Crippen LogP contribution in [-0.4, -0.2) is 23.9 Å². The van der Waals surface area contributed by atoms with E-state index in [2.05, 4.69) is 20.8 Å². The lowest BCUT2D eigenvalue weighted by atomic mass is 9.75. The van der Waals surface area contributed by atoms with Crippen LogP contribution in [0.25, 0.3) is 0 Å². The first-order valence-electron chi connectivity index (χ1n) is 12.0. The Morgan fingerprint density at radius 1 is 1.00 bits per heavy atom. The summed E-state index contributed by atoms with van der Waals surface area (Å²) in [5.74, 6) is 1.28. The number of esters is 1. The number of hydrogen-bond acceptors (Lipinski definition) is 4. The molecule has 0 radical (unpaired) electrons. The topological polar surface area (TPSA) is 63.7 Å². The first-order chi connectivity index (χ1) is 14.8. The molecule has 4 aliphatic rings. The zero-order valence-electron chi connectivity index (χ0n) is 18.8. The fourth-order valence-corrected chi connectivity index (χ4v) is 6.89. The Morgan fingerprint density at radius 2 is 1.68 bits per heavy atom. The first kappa shape index (κ1) is 20.7. The number of fused-ring (bicyclic) bond motifs is 5. The second kappa shape index (κ2) is 7.75. The third-order valence-corrected chi connectivity index (χ3v) is 8.49. The number of ether oxygens (including phenoxy) is 1. The predicted octanol–water partition coefficient (Wildman–Crippen LogP) is 4.84. The summed E-state index contributed by atoms with van der Waals surface area (Å²) in [7, 11) is 0. The van der Waals surface area contributed by atoms with Gasteiger partial charge in [-0.05, 0) is 79.9 Å². The fourth-order valence-electron chi connectivity index (χ4n) is 6.89. The van der Waals surface area contributed by atoms with Gasteiger partial charge < -0.3 is 4.74 Å². The lowest BCUT2D eigenvalue weighted by Crippen LogP contribution is -2.36. The van der Waals surface area contributed by atoms with Crippen molar-refractivity contribution in [3.8, 4) is 0 Å². The van der Waals surface area contributed by atoms with Crippen LogP contribution in [0.2, 0.25) is 0 Å². The number of rotatable bonds is 4. The highest BCUT2D eigenvalue weighted by atomic mass is 16.5. The lowest BCUT2D eigenvalue weighted by molar-refractivity contribution is -0.123. The van der Waals surface area contributed by atoms with Crippen LogP contribution in [-0.2, 0) is 14.3 Å². The van der Waals surface area contributed by atoms with Gasteiger partial charge in [0, 0.05) is 0 Å². The van der Waals surface area contributed by atoms with E-state index < -0.39 is 0 Å². The van der Waals surface area contributed by atoms with Crippen LogP contribution in [0.5, 0.6) is 0 Å². The van der Waals surface area contributed by atoms with Crippen molar-refractivity contribution in [2.24, 2.45) is 41.4 Å². The fraction of sp³-hybridized carbons (Fsp3) is 0.654. The quantitative estimate of drug-likeness (QED) is 0.513. The van der Waals surface area contributed by atoms with Crippen molar-refractivity contribution in [3.63, 3.8) is 0 Å². The van der Waals surface area contributed by atoms with Crippen LogP contribution in [0.1, 0.15) is 69.7 Å². The summed E-state index contributed by atoms with van der Waals surface area (Å²) in [6.07, 6.45) is 6.20. The minimum Gasteiger partial charge on any atom is -0.458 e. The number of carbonyl (C=O) groups is 3. The smallest absolute Gasteiger partial charge is 0.338 e. The predicted molar refractivity (Wildman–Crippen MR) is 117 cm³/mol. The Hall–Kier alpha value is -2.17. The highest BCUT2D eigenvalue weighted by Crippen LogP contribution is 2.56. The van der Waals surface area contributed by atoms with Gasteiger partial charge in [-0.2, -0.15) is 0 Å². The second-order valence-corrected chi connectivity index (χ2v) is 10.7. The molecular formula is C26H33NO4. The van der Waals surface area contributed by atoms with Gasteiger partial charge in [-0.1, -0.05) is 33.3 Å². The molecule has 0 unspecified atom stereocenters. The molecule has 5 rings (SSSR count). The van der Waals surface area contributed by atoms with Crippen LogP contribution in [0.3, 0.4) is 0 Å². The molecule has 1 heterocycles. The van der Waals surface area contributed by atoms with E-state index in [4.69, 9.17) is 4.74 Å². The largest absolute Gasteiger partial charge is 0.458 e. The number of amides is 2. The van der Waals surface area contributed by atoms with Gasteiger partial charge in [0.15, 0.2) is 0 Å². The molecule has 1 aromatic carbocycles. The minimum absolute atomic E-state index is 0.0753. The first-order valence-corrected chi connectivity index (χ1v) is 12.0. The maximum atomic E-state index is 13.1. The second-order valence-electron chi connectivity index (χ2n) is 10.7. The van der Waals surface area contributed by atoms with Gasteiger partial charge in [-0.15, -0.1) is 0 Å². The molecule has 1 aromatic rings. The van der Waals surface area contributed by atoms with Crippen LogP contribution >= 0.6 is 0 Å². The van der Waals surface area contributed by atoms with E-state index in [1.54, 1.807) is 24.3 Å². The molecule has 0 spiro atoms. The average Bonchev–Trinajstić information content (AvgIpc) is 3.41. The van der Waals surface area contributed by atoms with Gasteiger partial charge in [0.25, 0.3) is 0 Å². The molecule has 5 nitrogen and oxygen atoms in total. The van der Waals surface area contributed by atoms with Crippen molar-refractivity contribution in [2.45, 2.75) is 65.4 Å². The molecule has 0 aromatic heterocycles. The van der Waals surface area contributed by atoms with E-state index in [-0.39, 0.29) is 35.7 Å². The average molecular weight is 424 g/mol. The van der Waals surface area contributed by atoms with Crippen molar-refractivity contribution in [1.82, 2.24) is 0 Å². The van der Waals surface area contributed by atoms with Crippen molar-refractivity contribution >= 4 is 23.5 Å². The van der Waals surface area contributed by atoms with Gasteiger partial charge in [0.1, 0.15) is 6.10 Å². The summed E-state index contributed by atoms with van der Waals surface area (Å²) in [6.45, 7) is 6.60. The zero-order chi connectivity index (χ0) is 21.9. The Labute approximate surface area is 184 Å². The molecule has 31 heavy (non-hydrogen) atoms. The Bertz CT molecular complexity index is 880. The maximum Gasteiger partial charge on any atom is 0.338 e. The van der Waals surface area contributed by atoms with Crippen molar-refractivity contribution in [1.29, 1.82) is 0 Å². The van der Waals surface area contributed by atoms with E-state index in [1.807, 2.05) is 0 Å². The molecule has 5 heteroatoms. The monoisotopic (exact) mass is 423 g/mol. The van der Waals surface area contributed by atoms with Gasteiger partial charge >= 0.3 is 5.97 Å². The molecule has 4 fully saturated rings. The zero-order valence-corrected chi connectivity index (χ0v) is 18.8. The number of hydrogen-bond donors (Lipinski definition) is 0. The lowest BCUT2D eigenvalue weighted by Gasteiger charge is -2.36. The molecule has 1 saturated heterocycles. The Balaban J connectivity index is 1.35. The van der Waals surface area contributed by atoms with E-state index in [1.165, 1.54) is 11.3 Å². The summed E-state index contributed by atoms with van der Waals surface area (Å²) >= 11 is 0. The number of benzene rings is 1. The number of imide groups is 1. The molecule has 1 aliphatic heterocycles. The highest BCUT2D eigenvalue weighted by molar-refractivity contribution is 6.22. The molecule has 0 N–H and O–H groups in total. The SMILES string of the molecule is CC(C)[C@H]1CC[C@H](C)C[C@H]1OC(=O)c1cccc(N2C(=O)[C@@H]3[C@@H]4CC[C@H](C4)[C@@H]3C2=O)c1. The van der Waals surface area contributed by atoms with Crippen molar-refractivity contribution in [2.75, 3.05) is 4.90 Å². The molecule has 2 amide bonds. The van der Waals surface area contributed by atoms with Crippen molar-refractivity contribution in [3.05, 3.63) is 29.8 Å². The summed E-state index contributed by atoms with van der Waals surface area (Å²) < 4.78 is 5.98. The molecule has 7 atom stereocenters. The van der Waals surface area contributed by atoms with Gasteiger partial charge in [0.2, 0.25) is 11.8 Å². The molecular weight excluding hydrogens is 390 g/mol. The summed E-state index contributed by atoms with van der Waals surface area (Å²) in [4.78, 5) is 40.6. The molecule has 3 aliphatic carbocycles. The van der Waals surface area contributed by atoms with Crippen molar-refractivity contribution < 1.29 is 19.1 Å². The third kappa shape index (κ3) is 3.41. The van der Waals surface area contributed by atoms with Crippen LogP contribution in [0, 0.1) is 41.4 Å². The summed E-state index contributed by atoms with van der Waals surface area (Å²) in [6, 6.07) is 6.89. The third-order valence-electron chi connectivity index (χ3n) is 8.49. The van der Waals surface area contributed by atoms with Gasteiger partial charge in [0.05, 0.1) is 23.1 Å². The molecule has 166 valence electrons. The maximum absolute atomic E-state index is 13.1. The van der Waals surface area contributed by atoms with E-state index in [0.717, 1.165) is 32.1 Å². The van der Waals surface area contributed by atoms with Gasteiger partial charge in [-0.3, -0.25) is 14.5 Å². The molecule has 3 saturated carbocycles. The minimum atomic E-state index is -0.356. The van der Waals surface area contributed by atoms with Crippen LogP contribution < -0.4 is 4.90 Å². The van der Waals surface area contributed by atoms with E-state index in [9.17, 15) is 14.4 Å². The normalized spacial score (nSPS) is 36.9. The van der Waals surface area contributed by atoms with Crippen LogP contribution in [0.15, 0.2) is 24.3 Å². The van der Waals surface area contributed by atoms with Crippen LogP contribution in [0.4, 0.5) is 5.69 Å². The van der Waals surface area contributed by atoms with E-state index >= 15 is 0 Å². The summed E-state index contributed by atoms with van der Waals surface area (Å²) in [5.41, 5.74) is 0.925. The highest BCUT2D eigenvalue weighted by Gasteiger charge is 2.61. The van der Waals surface area contributed by atoms with Gasteiger partial charge in [-0.25, -0.2) is 4.79 Å². The van der Waals surface area contributed by atoms with E-state index in [0.29, 0.717) is 40.8 Å². The number of carbonyl (C=O) groups excluding carboxylic acids is 3. The number of anilines is 1. The summed E-state index contributed by atoms with van der Waals surface area (Å²) in [5, 5.41) is 0. The number of nitrogens with zero attached hydrogens (tertiary/aromatic N) is 1. The standard InChI is InChI=1S/C26H33NO4/c1-14(2)20-10-7-15(3)11-21(20)31-26(30)18-5-4-6-19(13-18)27-24(28)22-16-8-9-17(12-16)23(22)25(27)29/h4-6,13-17,20-23H,7-12H2,1-3H3/t15-,16+,17+,20+,21+,22-,23+/m0/s1. The Kier molecular flexibility index (Phi) is 5.18.